The molecule has 0 aliphatic carbocycles. The number of carbonyl (C=O) groups excluding carboxylic acids is 3. The Labute approximate surface area is 201 Å². The Morgan fingerprint density at radius 1 is 0.909 bits per heavy atom. The maximum Gasteiger partial charge on any atom is 0.335 e. The zero-order valence-corrected chi connectivity index (χ0v) is 19.3. The average molecular weight is 479 g/mol. The van der Waals surface area contributed by atoms with Crippen molar-refractivity contribution < 1.29 is 14.4 Å². The van der Waals surface area contributed by atoms with E-state index < -0.39 is 17.8 Å². The Bertz CT molecular complexity index is 1280. The first-order chi connectivity index (χ1) is 15.9. The van der Waals surface area contributed by atoms with Crippen LogP contribution in [-0.4, -0.2) is 17.8 Å². The highest BCUT2D eigenvalue weighted by Crippen LogP contribution is 2.27. The van der Waals surface area contributed by atoms with Gasteiger partial charge >= 0.3 is 6.03 Å². The summed E-state index contributed by atoms with van der Waals surface area (Å²) >= 11 is 12.5. The third-order valence-corrected chi connectivity index (χ3v) is 6.05. The molecule has 0 atom stereocenters. The van der Waals surface area contributed by atoms with E-state index in [-0.39, 0.29) is 5.57 Å². The summed E-state index contributed by atoms with van der Waals surface area (Å²) in [6, 6.07) is 19.0. The van der Waals surface area contributed by atoms with Gasteiger partial charge in [-0.25, -0.2) is 9.69 Å². The van der Waals surface area contributed by atoms with Crippen LogP contribution in [0.15, 0.2) is 72.3 Å². The Hall–Kier alpha value is -3.41. The van der Waals surface area contributed by atoms with E-state index in [0.717, 1.165) is 28.0 Å². The van der Waals surface area contributed by atoms with Gasteiger partial charge < -0.3 is 0 Å². The fourth-order valence-corrected chi connectivity index (χ4v) is 4.02. The number of urea groups is 1. The first-order valence-corrected chi connectivity index (χ1v) is 11.1. The normalized spacial score (nSPS) is 15.2. The summed E-state index contributed by atoms with van der Waals surface area (Å²) in [5, 5.41) is 3.33. The summed E-state index contributed by atoms with van der Waals surface area (Å²) in [7, 11) is 0. The van der Waals surface area contributed by atoms with Gasteiger partial charge in [0.15, 0.2) is 0 Å². The SMILES string of the molecule is CCc1ccc(N2C(=O)NC(=O)/C(=C\c3cc(Cl)ccc3Cc3ccccc3Cl)C2=O)cc1. The molecule has 4 amide bonds. The van der Waals surface area contributed by atoms with E-state index in [1.54, 1.807) is 30.3 Å². The van der Waals surface area contributed by atoms with Crippen LogP contribution in [0.4, 0.5) is 10.5 Å². The average Bonchev–Trinajstić information content (AvgIpc) is 2.80. The van der Waals surface area contributed by atoms with E-state index in [9.17, 15) is 14.4 Å². The van der Waals surface area contributed by atoms with Gasteiger partial charge in [-0.15, -0.1) is 0 Å². The first-order valence-electron chi connectivity index (χ1n) is 10.4. The van der Waals surface area contributed by atoms with Crippen molar-refractivity contribution in [1.29, 1.82) is 0 Å². The molecule has 1 saturated heterocycles. The molecule has 33 heavy (non-hydrogen) atoms. The maximum atomic E-state index is 13.2. The van der Waals surface area contributed by atoms with Crippen LogP contribution in [0.25, 0.3) is 6.08 Å². The van der Waals surface area contributed by atoms with Crippen molar-refractivity contribution in [2.24, 2.45) is 0 Å². The number of carbonyl (C=O) groups is 3. The lowest BCUT2D eigenvalue weighted by Gasteiger charge is -2.26. The lowest BCUT2D eigenvalue weighted by molar-refractivity contribution is -0.122. The van der Waals surface area contributed by atoms with E-state index in [4.69, 9.17) is 23.2 Å². The predicted molar refractivity (Wildman–Crippen MR) is 131 cm³/mol. The Morgan fingerprint density at radius 3 is 2.33 bits per heavy atom. The molecule has 166 valence electrons. The zero-order valence-electron chi connectivity index (χ0n) is 17.8. The molecule has 7 heteroatoms. The number of amides is 4. The summed E-state index contributed by atoms with van der Waals surface area (Å²) in [6.45, 7) is 2.01. The van der Waals surface area contributed by atoms with Gasteiger partial charge in [0, 0.05) is 10.0 Å². The molecule has 0 spiro atoms. The molecule has 0 unspecified atom stereocenters. The van der Waals surface area contributed by atoms with Crippen molar-refractivity contribution in [1.82, 2.24) is 5.32 Å². The highest BCUT2D eigenvalue weighted by Gasteiger charge is 2.36. The molecule has 3 aromatic rings. The first kappa shape index (κ1) is 22.8. The molecule has 1 aliphatic heterocycles. The monoisotopic (exact) mass is 478 g/mol. The number of aryl methyl sites for hydroxylation is 1. The van der Waals surface area contributed by atoms with Gasteiger partial charge in [-0.1, -0.05) is 66.5 Å². The molecule has 0 bridgehead atoms. The number of hydrogen-bond donors (Lipinski definition) is 1. The van der Waals surface area contributed by atoms with Crippen LogP contribution in [0.2, 0.25) is 10.0 Å². The minimum Gasteiger partial charge on any atom is -0.273 e. The number of nitrogens with zero attached hydrogens (tertiary/aromatic N) is 1. The second-order valence-electron chi connectivity index (χ2n) is 7.59. The molecule has 0 aromatic heterocycles. The summed E-state index contributed by atoms with van der Waals surface area (Å²) < 4.78 is 0. The second-order valence-corrected chi connectivity index (χ2v) is 8.43. The van der Waals surface area contributed by atoms with Crippen LogP contribution in [0.1, 0.15) is 29.2 Å². The molecule has 5 nitrogen and oxygen atoms in total. The number of imide groups is 2. The quantitative estimate of drug-likeness (QED) is 0.371. The Balaban J connectivity index is 1.73. The lowest BCUT2D eigenvalue weighted by atomic mass is 9.97. The Kier molecular flexibility index (Phi) is 6.63. The van der Waals surface area contributed by atoms with Crippen molar-refractivity contribution in [3.63, 3.8) is 0 Å². The molecule has 1 fully saturated rings. The van der Waals surface area contributed by atoms with Crippen LogP contribution in [0.3, 0.4) is 0 Å². The molecule has 4 rings (SSSR count). The standard InChI is InChI=1S/C26H20Cl2N2O3/c1-2-16-7-11-21(12-8-16)30-25(32)22(24(31)29-26(30)33)15-19-14-20(27)10-9-17(19)13-18-5-3-4-6-23(18)28/h3-12,14-15H,2,13H2,1H3,(H,29,31,33)/b22-15+. The molecular formula is C26H20Cl2N2O3. The number of halogens is 2. The largest absolute Gasteiger partial charge is 0.335 e. The number of nitrogens with one attached hydrogen (secondary N) is 1. The minimum absolute atomic E-state index is 0.156. The lowest BCUT2D eigenvalue weighted by Crippen LogP contribution is -2.54. The van der Waals surface area contributed by atoms with Crippen LogP contribution >= 0.6 is 23.2 Å². The van der Waals surface area contributed by atoms with Crippen molar-refractivity contribution >= 4 is 52.8 Å². The zero-order chi connectivity index (χ0) is 23.5. The maximum absolute atomic E-state index is 13.2. The third kappa shape index (κ3) is 4.85. The van der Waals surface area contributed by atoms with Gasteiger partial charge in [-0.2, -0.15) is 0 Å². The van der Waals surface area contributed by atoms with Crippen LogP contribution in [0, 0.1) is 0 Å². The smallest absolute Gasteiger partial charge is 0.273 e. The van der Waals surface area contributed by atoms with Crippen LogP contribution in [-0.2, 0) is 22.4 Å². The van der Waals surface area contributed by atoms with Gasteiger partial charge in [0.25, 0.3) is 11.8 Å². The molecule has 1 N–H and O–H groups in total. The van der Waals surface area contributed by atoms with E-state index in [0.29, 0.717) is 27.7 Å². The summed E-state index contributed by atoms with van der Waals surface area (Å²) in [6.07, 6.45) is 2.77. The number of benzene rings is 3. The Morgan fingerprint density at radius 2 is 1.64 bits per heavy atom. The molecule has 0 radical (unpaired) electrons. The highest BCUT2D eigenvalue weighted by atomic mass is 35.5. The second kappa shape index (κ2) is 9.61. The number of barbiturate groups is 1. The van der Waals surface area contributed by atoms with E-state index >= 15 is 0 Å². The van der Waals surface area contributed by atoms with Gasteiger partial charge in [0.1, 0.15) is 5.57 Å². The van der Waals surface area contributed by atoms with Crippen LogP contribution in [0.5, 0.6) is 0 Å². The van der Waals surface area contributed by atoms with Crippen LogP contribution < -0.4 is 10.2 Å². The van der Waals surface area contributed by atoms with E-state index in [1.165, 1.54) is 6.08 Å². The predicted octanol–water partition coefficient (Wildman–Crippen LogP) is 5.81. The summed E-state index contributed by atoms with van der Waals surface area (Å²) in [5.74, 6) is -1.45. The molecule has 1 heterocycles. The molecular weight excluding hydrogens is 459 g/mol. The molecule has 1 aliphatic rings. The van der Waals surface area contributed by atoms with Crippen molar-refractivity contribution in [2.45, 2.75) is 19.8 Å². The summed E-state index contributed by atoms with van der Waals surface area (Å²) in [5.41, 5.74) is 3.62. The fraction of sp³-hybridized carbons (Fsp3) is 0.115. The van der Waals surface area contributed by atoms with Gasteiger partial charge in [-0.3, -0.25) is 14.9 Å². The van der Waals surface area contributed by atoms with E-state index in [2.05, 4.69) is 5.32 Å². The highest BCUT2D eigenvalue weighted by molar-refractivity contribution is 6.39. The number of anilines is 1. The third-order valence-electron chi connectivity index (χ3n) is 5.45. The van der Waals surface area contributed by atoms with Crippen molar-refractivity contribution in [3.05, 3.63) is 105 Å². The van der Waals surface area contributed by atoms with Gasteiger partial charge in [-0.05, 0) is 71.5 Å². The van der Waals surface area contributed by atoms with Gasteiger partial charge in [0.2, 0.25) is 0 Å². The fourth-order valence-electron chi connectivity index (χ4n) is 3.64. The van der Waals surface area contributed by atoms with Gasteiger partial charge in [0.05, 0.1) is 5.69 Å². The van der Waals surface area contributed by atoms with Crippen molar-refractivity contribution in [2.75, 3.05) is 4.90 Å². The number of hydrogen-bond acceptors (Lipinski definition) is 3. The summed E-state index contributed by atoms with van der Waals surface area (Å²) in [4.78, 5) is 39.3. The molecule has 0 saturated carbocycles. The minimum atomic E-state index is -0.784. The van der Waals surface area contributed by atoms with Crippen molar-refractivity contribution in [3.8, 4) is 0 Å². The topological polar surface area (TPSA) is 66.5 Å². The number of rotatable bonds is 5. The van der Waals surface area contributed by atoms with E-state index in [1.807, 2.05) is 43.3 Å². The molecule has 3 aromatic carbocycles.